The molecule has 2 aromatic heterocycles. The third kappa shape index (κ3) is 3.15. The van der Waals surface area contributed by atoms with Gasteiger partial charge in [-0.1, -0.05) is 29.3 Å². The second kappa shape index (κ2) is 6.75. The van der Waals surface area contributed by atoms with Crippen LogP contribution in [0.15, 0.2) is 54.0 Å². The molecular formula is C18H15Cl2N3OS. The Morgan fingerprint density at radius 1 is 1.16 bits per heavy atom. The van der Waals surface area contributed by atoms with Crippen LogP contribution in [0.4, 0.5) is 9.80 Å². The van der Waals surface area contributed by atoms with Gasteiger partial charge in [0.15, 0.2) is 0 Å². The van der Waals surface area contributed by atoms with Crippen molar-refractivity contribution in [2.24, 2.45) is 0 Å². The summed E-state index contributed by atoms with van der Waals surface area (Å²) >= 11 is 14.0. The molecule has 0 radical (unpaired) electrons. The number of nitrogens with zero attached hydrogens (tertiary/aromatic N) is 2. The first-order chi connectivity index (χ1) is 12.1. The maximum atomic E-state index is 12.9. The summed E-state index contributed by atoms with van der Waals surface area (Å²) in [5.41, 5.74) is 1.91. The Kier molecular flexibility index (Phi) is 4.46. The fourth-order valence-corrected chi connectivity index (χ4v) is 4.30. The lowest BCUT2D eigenvalue weighted by molar-refractivity contribution is 0.182. The molecule has 0 saturated carbocycles. The van der Waals surface area contributed by atoms with Crippen molar-refractivity contribution in [1.29, 1.82) is 0 Å². The molecule has 0 aliphatic carbocycles. The number of fused-ring (bicyclic) bond motifs is 1. The largest absolute Gasteiger partial charge is 0.348 e. The molecule has 4 rings (SSSR count). The number of thiophene rings is 1. The molecule has 0 spiro atoms. The van der Waals surface area contributed by atoms with Crippen molar-refractivity contribution in [3.63, 3.8) is 0 Å². The normalized spacial score (nSPS) is 16.6. The van der Waals surface area contributed by atoms with Crippen molar-refractivity contribution in [3.8, 4) is 0 Å². The molecule has 128 valence electrons. The molecule has 3 aromatic rings. The molecule has 1 atom stereocenters. The summed E-state index contributed by atoms with van der Waals surface area (Å²) in [6.07, 6.45) is 2.03. The van der Waals surface area contributed by atoms with Crippen molar-refractivity contribution < 1.29 is 4.79 Å². The number of aromatic nitrogens is 1. The molecule has 3 heterocycles. The number of urea groups is 1. The number of benzene rings is 1. The Morgan fingerprint density at radius 2 is 2.04 bits per heavy atom. The monoisotopic (exact) mass is 391 g/mol. The fourth-order valence-electron chi connectivity index (χ4n) is 3.18. The minimum Gasteiger partial charge on any atom is -0.348 e. The van der Waals surface area contributed by atoms with Crippen molar-refractivity contribution in [3.05, 3.63) is 75.3 Å². The topological polar surface area (TPSA) is 37.3 Å². The Balaban J connectivity index is 1.73. The fraction of sp³-hybridized carbons (Fsp3) is 0.167. The van der Waals surface area contributed by atoms with Crippen LogP contribution in [-0.2, 0) is 6.54 Å². The molecule has 1 aromatic carbocycles. The molecule has 25 heavy (non-hydrogen) atoms. The molecule has 0 saturated heterocycles. The average molecular weight is 392 g/mol. The number of rotatable bonds is 2. The Hall–Kier alpha value is -1.95. The lowest BCUT2D eigenvalue weighted by Gasteiger charge is -2.37. The zero-order valence-corrected chi connectivity index (χ0v) is 15.5. The van der Waals surface area contributed by atoms with Crippen LogP contribution in [0.1, 0.15) is 17.3 Å². The van der Waals surface area contributed by atoms with E-state index < -0.39 is 0 Å². The molecule has 1 N–H and O–H groups in total. The number of hydrogen-bond acceptors (Lipinski definition) is 2. The predicted molar refractivity (Wildman–Crippen MR) is 103 cm³/mol. The van der Waals surface area contributed by atoms with Gasteiger partial charge in [-0.2, -0.15) is 0 Å². The van der Waals surface area contributed by atoms with Crippen LogP contribution in [0.5, 0.6) is 0 Å². The highest BCUT2D eigenvalue weighted by atomic mass is 35.5. The van der Waals surface area contributed by atoms with Gasteiger partial charge in [0, 0.05) is 35.0 Å². The summed E-state index contributed by atoms with van der Waals surface area (Å²) in [6.45, 7) is 1.35. The van der Waals surface area contributed by atoms with Crippen molar-refractivity contribution in [1.82, 2.24) is 9.47 Å². The number of amides is 2. The summed E-state index contributed by atoms with van der Waals surface area (Å²) < 4.78 is 2.16. The minimum atomic E-state index is -0.256. The van der Waals surface area contributed by atoms with Gasteiger partial charge < -0.3 is 9.47 Å². The number of halogens is 2. The molecule has 0 bridgehead atoms. The van der Waals surface area contributed by atoms with Crippen LogP contribution < -0.4 is 5.32 Å². The molecule has 4 nitrogen and oxygen atoms in total. The quantitative estimate of drug-likeness (QED) is 0.615. The third-order valence-corrected chi connectivity index (χ3v) is 5.66. The van der Waals surface area contributed by atoms with Crippen LogP contribution >= 0.6 is 34.5 Å². The van der Waals surface area contributed by atoms with Crippen LogP contribution in [0.25, 0.3) is 0 Å². The minimum absolute atomic E-state index is 0.133. The second-order valence-corrected chi connectivity index (χ2v) is 7.59. The molecule has 1 aliphatic heterocycles. The summed E-state index contributed by atoms with van der Waals surface area (Å²) in [7, 11) is 0. The van der Waals surface area contributed by atoms with E-state index in [4.69, 9.17) is 23.2 Å². The number of anilines is 1. The van der Waals surface area contributed by atoms with Crippen LogP contribution in [-0.4, -0.2) is 22.0 Å². The second-order valence-electron chi connectivity index (χ2n) is 5.80. The smallest absolute Gasteiger partial charge is 0.323 e. The van der Waals surface area contributed by atoms with Crippen molar-refractivity contribution >= 4 is 45.6 Å². The van der Waals surface area contributed by atoms with E-state index in [0.29, 0.717) is 16.6 Å². The van der Waals surface area contributed by atoms with Gasteiger partial charge in [-0.25, -0.2) is 4.79 Å². The van der Waals surface area contributed by atoms with Gasteiger partial charge in [0.05, 0.1) is 5.00 Å². The van der Waals surface area contributed by atoms with E-state index in [9.17, 15) is 4.79 Å². The SMILES string of the molecule is O=C(Nc1cccs1)N1CCn2cccc2[C@H]1c1ccc(Cl)cc1Cl. The predicted octanol–water partition coefficient (Wildman–Crippen LogP) is 5.49. The van der Waals surface area contributed by atoms with Gasteiger partial charge in [-0.05, 0) is 47.3 Å². The van der Waals surface area contributed by atoms with Gasteiger partial charge in [-0.15, -0.1) is 11.3 Å². The lowest BCUT2D eigenvalue weighted by atomic mass is 10.00. The van der Waals surface area contributed by atoms with Crippen molar-refractivity contribution in [2.75, 3.05) is 11.9 Å². The van der Waals surface area contributed by atoms with Crippen LogP contribution in [0.2, 0.25) is 10.0 Å². The first kappa shape index (κ1) is 16.5. The van der Waals surface area contributed by atoms with E-state index in [2.05, 4.69) is 9.88 Å². The van der Waals surface area contributed by atoms with Gasteiger partial charge in [0.25, 0.3) is 0 Å². The van der Waals surface area contributed by atoms with Gasteiger partial charge in [-0.3, -0.25) is 5.32 Å². The van der Waals surface area contributed by atoms with E-state index in [0.717, 1.165) is 22.8 Å². The van der Waals surface area contributed by atoms with Crippen molar-refractivity contribution in [2.45, 2.75) is 12.6 Å². The van der Waals surface area contributed by atoms with Gasteiger partial charge in [0.2, 0.25) is 0 Å². The summed E-state index contributed by atoms with van der Waals surface area (Å²) in [5.74, 6) is 0. The molecule has 7 heteroatoms. The number of carbonyl (C=O) groups is 1. The zero-order valence-electron chi connectivity index (χ0n) is 13.2. The number of carbonyl (C=O) groups excluding carboxylic acids is 1. The Labute approximate surface area is 159 Å². The Bertz CT molecular complexity index is 907. The lowest BCUT2D eigenvalue weighted by Crippen LogP contribution is -2.44. The van der Waals surface area contributed by atoms with E-state index in [1.54, 1.807) is 12.1 Å². The molecule has 1 aliphatic rings. The number of hydrogen-bond donors (Lipinski definition) is 1. The third-order valence-electron chi connectivity index (χ3n) is 4.31. The highest BCUT2D eigenvalue weighted by Crippen LogP contribution is 2.37. The first-order valence-electron chi connectivity index (χ1n) is 7.84. The van der Waals surface area contributed by atoms with E-state index in [-0.39, 0.29) is 12.1 Å². The van der Waals surface area contributed by atoms with Gasteiger partial charge in [0.1, 0.15) is 6.04 Å². The van der Waals surface area contributed by atoms with Gasteiger partial charge >= 0.3 is 6.03 Å². The molecule has 0 unspecified atom stereocenters. The summed E-state index contributed by atoms with van der Waals surface area (Å²) in [6, 6.07) is 12.8. The summed E-state index contributed by atoms with van der Waals surface area (Å²) in [5, 5.41) is 6.87. The molecular weight excluding hydrogens is 377 g/mol. The van der Waals surface area contributed by atoms with Crippen LogP contribution in [0, 0.1) is 0 Å². The van der Waals surface area contributed by atoms with E-state index >= 15 is 0 Å². The maximum absolute atomic E-state index is 12.9. The molecule has 0 fully saturated rings. The highest BCUT2D eigenvalue weighted by Gasteiger charge is 2.33. The molecule has 2 amide bonds. The first-order valence-corrected chi connectivity index (χ1v) is 9.48. The standard InChI is InChI=1S/C18H15Cl2N3OS/c19-12-5-6-13(14(20)11-12)17-15-3-1-7-22(15)8-9-23(17)18(24)21-16-4-2-10-25-16/h1-7,10-11,17H,8-9H2,(H,21,24)/t17-/m1/s1. The van der Waals surface area contributed by atoms with E-state index in [1.165, 1.54) is 11.3 Å². The van der Waals surface area contributed by atoms with Crippen LogP contribution in [0.3, 0.4) is 0 Å². The number of nitrogens with one attached hydrogen (secondary N) is 1. The maximum Gasteiger partial charge on any atom is 0.323 e. The summed E-state index contributed by atoms with van der Waals surface area (Å²) in [4.78, 5) is 14.7. The zero-order chi connectivity index (χ0) is 17.4. The highest BCUT2D eigenvalue weighted by molar-refractivity contribution is 7.14. The Morgan fingerprint density at radius 3 is 2.80 bits per heavy atom. The average Bonchev–Trinajstić information content (AvgIpc) is 3.25. The van der Waals surface area contributed by atoms with E-state index in [1.807, 2.05) is 46.8 Å².